The van der Waals surface area contributed by atoms with Gasteiger partial charge < -0.3 is 16.0 Å². The molecule has 0 unspecified atom stereocenters. The normalized spacial score (nSPS) is 9.81. The van der Waals surface area contributed by atoms with Crippen LogP contribution in [0.15, 0.2) is 30.3 Å². The predicted octanol–water partition coefficient (Wildman–Crippen LogP) is 0.824. The molecule has 0 aliphatic rings. The third-order valence-electron chi connectivity index (χ3n) is 2.15. The first-order valence-electron chi connectivity index (χ1n) is 5.53. The Morgan fingerprint density at radius 3 is 2.62 bits per heavy atom. The molecule has 0 fully saturated rings. The number of rotatable bonds is 7. The van der Waals surface area contributed by atoms with Gasteiger partial charge in [-0.05, 0) is 32.1 Å². The summed E-state index contributed by atoms with van der Waals surface area (Å²) in [5.74, 6) is 0.0277. The largest absolute Gasteiger partial charge is 0.376 e. The van der Waals surface area contributed by atoms with Crippen molar-refractivity contribution in [1.82, 2.24) is 10.6 Å². The van der Waals surface area contributed by atoms with Crippen LogP contribution in [0, 0.1) is 0 Å². The van der Waals surface area contributed by atoms with E-state index in [4.69, 9.17) is 0 Å². The van der Waals surface area contributed by atoms with Crippen LogP contribution in [0.3, 0.4) is 0 Å². The molecule has 0 radical (unpaired) electrons. The minimum atomic E-state index is 0.0277. The number of hydrogen-bond acceptors (Lipinski definition) is 3. The zero-order valence-corrected chi connectivity index (χ0v) is 9.62. The van der Waals surface area contributed by atoms with E-state index < -0.39 is 0 Å². The molecule has 4 heteroatoms. The van der Waals surface area contributed by atoms with Crippen LogP contribution >= 0.6 is 0 Å². The number of carbonyl (C=O) groups is 1. The molecule has 1 amide bonds. The van der Waals surface area contributed by atoms with Gasteiger partial charge in [-0.15, -0.1) is 0 Å². The summed E-state index contributed by atoms with van der Waals surface area (Å²) in [5.41, 5.74) is 0.966. The van der Waals surface area contributed by atoms with E-state index in [-0.39, 0.29) is 5.91 Å². The Kier molecular flexibility index (Phi) is 6.03. The van der Waals surface area contributed by atoms with Crippen LogP contribution < -0.4 is 16.0 Å². The summed E-state index contributed by atoms with van der Waals surface area (Å²) in [6, 6.07) is 9.70. The second kappa shape index (κ2) is 7.70. The zero-order chi connectivity index (χ0) is 11.6. The number of para-hydroxylation sites is 1. The van der Waals surface area contributed by atoms with Gasteiger partial charge in [-0.1, -0.05) is 18.2 Å². The third kappa shape index (κ3) is 5.36. The smallest absolute Gasteiger partial charge is 0.239 e. The maximum atomic E-state index is 11.4. The minimum Gasteiger partial charge on any atom is -0.376 e. The lowest BCUT2D eigenvalue weighted by Crippen LogP contribution is -2.31. The molecule has 1 aromatic carbocycles. The van der Waals surface area contributed by atoms with Crippen LogP contribution in [0.4, 0.5) is 5.69 Å². The molecule has 0 bridgehead atoms. The highest BCUT2D eigenvalue weighted by molar-refractivity contribution is 5.80. The summed E-state index contributed by atoms with van der Waals surface area (Å²) >= 11 is 0. The van der Waals surface area contributed by atoms with E-state index in [1.807, 2.05) is 37.4 Å². The van der Waals surface area contributed by atoms with Gasteiger partial charge in [-0.25, -0.2) is 0 Å². The minimum absolute atomic E-state index is 0.0277. The Balaban J connectivity index is 2.11. The predicted molar refractivity (Wildman–Crippen MR) is 66.5 cm³/mol. The topological polar surface area (TPSA) is 53.2 Å². The molecule has 16 heavy (non-hydrogen) atoms. The molecule has 0 saturated carbocycles. The summed E-state index contributed by atoms with van der Waals surface area (Å²) in [7, 11) is 1.90. The van der Waals surface area contributed by atoms with Crippen molar-refractivity contribution in [3.63, 3.8) is 0 Å². The standard InChI is InChI=1S/C12H19N3O/c1-13-8-5-9-14-12(16)10-15-11-6-3-2-4-7-11/h2-4,6-7,13,15H,5,8-10H2,1H3,(H,14,16). The molecule has 1 rings (SSSR count). The molecule has 88 valence electrons. The Morgan fingerprint density at radius 2 is 1.94 bits per heavy atom. The highest BCUT2D eigenvalue weighted by Gasteiger charge is 1.99. The van der Waals surface area contributed by atoms with E-state index in [9.17, 15) is 4.79 Å². The van der Waals surface area contributed by atoms with Crippen LogP contribution in [0.5, 0.6) is 0 Å². The molecule has 0 aliphatic heterocycles. The highest BCUT2D eigenvalue weighted by Crippen LogP contribution is 2.03. The van der Waals surface area contributed by atoms with Gasteiger partial charge in [-0.2, -0.15) is 0 Å². The number of nitrogens with one attached hydrogen (secondary N) is 3. The average molecular weight is 221 g/mol. The van der Waals surface area contributed by atoms with Crippen molar-refractivity contribution >= 4 is 11.6 Å². The first kappa shape index (κ1) is 12.5. The number of anilines is 1. The quantitative estimate of drug-likeness (QED) is 0.598. The number of amides is 1. The maximum Gasteiger partial charge on any atom is 0.239 e. The van der Waals surface area contributed by atoms with Gasteiger partial charge in [0.25, 0.3) is 0 Å². The van der Waals surface area contributed by atoms with Gasteiger partial charge in [0.2, 0.25) is 5.91 Å². The van der Waals surface area contributed by atoms with Gasteiger partial charge in [0, 0.05) is 12.2 Å². The fourth-order valence-electron chi connectivity index (χ4n) is 1.29. The van der Waals surface area contributed by atoms with E-state index in [2.05, 4.69) is 16.0 Å². The van der Waals surface area contributed by atoms with E-state index >= 15 is 0 Å². The SMILES string of the molecule is CNCCCNC(=O)CNc1ccccc1. The van der Waals surface area contributed by atoms with E-state index in [1.54, 1.807) is 0 Å². The molecular weight excluding hydrogens is 202 g/mol. The van der Waals surface area contributed by atoms with Crippen molar-refractivity contribution in [3.8, 4) is 0 Å². The summed E-state index contributed by atoms with van der Waals surface area (Å²) in [5, 5.41) is 8.94. The summed E-state index contributed by atoms with van der Waals surface area (Å²) in [6.45, 7) is 1.96. The summed E-state index contributed by atoms with van der Waals surface area (Å²) < 4.78 is 0. The number of hydrogen-bond donors (Lipinski definition) is 3. The lowest BCUT2D eigenvalue weighted by atomic mass is 10.3. The van der Waals surface area contributed by atoms with Crippen LogP contribution in [0.1, 0.15) is 6.42 Å². The molecule has 0 atom stereocenters. The molecule has 0 aliphatic carbocycles. The molecule has 1 aromatic rings. The van der Waals surface area contributed by atoms with Crippen molar-refractivity contribution in [2.45, 2.75) is 6.42 Å². The Labute approximate surface area is 96.4 Å². The fourth-order valence-corrected chi connectivity index (χ4v) is 1.29. The number of benzene rings is 1. The maximum absolute atomic E-state index is 11.4. The van der Waals surface area contributed by atoms with Gasteiger partial charge in [0.05, 0.1) is 6.54 Å². The molecule has 0 spiro atoms. The van der Waals surface area contributed by atoms with E-state index in [1.165, 1.54) is 0 Å². The lowest BCUT2D eigenvalue weighted by Gasteiger charge is -2.07. The Bertz CT molecular complexity index is 300. The van der Waals surface area contributed by atoms with Gasteiger partial charge in [0.15, 0.2) is 0 Å². The summed E-state index contributed by atoms with van der Waals surface area (Å²) in [6.07, 6.45) is 0.952. The molecule has 0 heterocycles. The Morgan fingerprint density at radius 1 is 1.19 bits per heavy atom. The van der Waals surface area contributed by atoms with Crippen LogP contribution in [0.2, 0.25) is 0 Å². The average Bonchev–Trinajstić information content (AvgIpc) is 2.33. The third-order valence-corrected chi connectivity index (χ3v) is 2.15. The zero-order valence-electron chi connectivity index (χ0n) is 9.62. The lowest BCUT2D eigenvalue weighted by molar-refractivity contribution is -0.119. The highest BCUT2D eigenvalue weighted by atomic mass is 16.1. The van der Waals surface area contributed by atoms with Gasteiger partial charge in [0.1, 0.15) is 0 Å². The van der Waals surface area contributed by atoms with Crippen molar-refractivity contribution in [3.05, 3.63) is 30.3 Å². The molecular formula is C12H19N3O. The van der Waals surface area contributed by atoms with E-state index in [0.717, 1.165) is 25.2 Å². The molecule has 4 nitrogen and oxygen atoms in total. The van der Waals surface area contributed by atoms with Gasteiger partial charge in [-0.3, -0.25) is 4.79 Å². The molecule has 0 saturated heterocycles. The first-order valence-corrected chi connectivity index (χ1v) is 5.53. The second-order valence-electron chi connectivity index (χ2n) is 3.53. The van der Waals surface area contributed by atoms with Crippen LogP contribution in [0.25, 0.3) is 0 Å². The summed E-state index contributed by atoms with van der Waals surface area (Å²) in [4.78, 5) is 11.4. The monoisotopic (exact) mass is 221 g/mol. The van der Waals surface area contributed by atoms with Crippen molar-refractivity contribution in [2.75, 3.05) is 32.0 Å². The van der Waals surface area contributed by atoms with E-state index in [0.29, 0.717) is 6.54 Å². The van der Waals surface area contributed by atoms with Crippen LogP contribution in [-0.4, -0.2) is 32.6 Å². The second-order valence-corrected chi connectivity index (χ2v) is 3.53. The molecule has 0 aromatic heterocycles. The van der Waals surface area contributed by atoms with Gasteiger partial charge >= 0.3 is 0 Å². The van der Waals surface area contributed by atoms with Crippen molar-refractivity contribution < 1.29 is 4.79 Å². The first-order chi connectivity index (χ1) is 7.83. The fraction of sp³-hybridized carbons (Fsp3) is 0.417. The number of carbonyl (C=O) groups excluding carboxylic acids is 1. The van der Waals surface area contributed by atoms with Crippen molar-refractivity contribution in [1.29, 1.82) is 0 Å². The van der Waals surface area contributed by atoms with Crippen molar-refractivity contribution in [2.24, 2.45) is 0 Å². The Hall–Kier alpha value is -1.55. The van der Waals surface area contributed by atoms with Crippen LogP contribution in [-0.2, 0) is 4.79 Å². The molecule has 3 N–H and O–H groups in total.